The first-order chi connectivity index (χ1) is 10.6. The van der Waals surface area contributed by atoms with Crippen LogP contribution in [0.3, 0.4) is 0 Å². The van der Waals surface area contributed by atoms with Crippen molar-refractivity contribution in [2.75, 3.05) is 0 Å². The van der Waals surface area contributed by atoms with Crippen LogP contribution in [0, 0.1) is 5.41 Å². The Morgan fingerprint density at radius 3 is 2.95 bits per heavy atom. The van der Waals surface area contributed by atoms with E-state index >= 15 is 0 Å². The van der Waals surface area contributed by atoms with Gasteiger partial charge in [0.25, 0.3) is 0 Å². The summed E-state index contributed by atoms with van der Waals surface area (Å²) in [6, 6.07) is -0.0121. The molecule has 1 aliphatic carbocycles. The number of nitrogens with zero attached hydrogens (tertiary/aromatic N) is 2. The molecule has 0 saturated heterocycles. The van der Waals surface area contributed by atoms with E-state index in [-0.39, 0.29) is 17.6 Å². The Morgan fingerprint density at radius 2 is 2.36 bits per heavy atom. The van der Waals surface area contributed by atoms with Gasteiger partial charge in [-0.3, -0.25) is 16.2 Å². The first kappa shape index (κ1) is 15.9. The van der Waals surface area contributed by atoms with E-state index < -0.39 is 6.23 Å². The fraction of sp³-hybridized carbons (Fsp3) is 0.267. The third kappa shape index (κ3) is 4.00. The smallest absolute Gasteiger partial charge is 0.169 e. The second-order valence-corrected chi connectivity index (χ2v) is 4.83. The number of allylic oxidation sites excluding steroid dienone is 4. The van der Waals surface area contributed by atoms with Crippen molar-refractivity contribution in [1.82, 2.24) is 16.2 Å². The first-order valence-electron chi connectivity index (χ1n) is 6.92. The van der Waals surface area contributed by atoms with Crippen LogP contribution in [-0.2, 0) is 0 Å². The highest BCUT2D eigenvalue weighted by atomic mass is 16.3. The molecule has 7 nitrogen and oxygen atoms in total. The predicted octanol–water partition coefficient (Wildman–Crippen LogP) is 0.751. The molecule has 2 atom stereocenters. The van der Waals surface area contributed by atoms with Gasteiger partial charge < -0.3 is 10.5 Å². The molecule has 116 valence electrons. The van der Waals surface area contributed by atoms with Crippen LogP contribution in [0.25, 0.3) is 0 Å². The number of aliphatic hydroxyl groups is 1. The molecule has 0 bridgehead atoms. The third-order valence-corrected chi connectivity index (χ3v) is 3.23. The van der Waals surface area contributed by atoms with E-state index in [2.05, 4.69) is 32.9 Å². The molecule has 0 fully saturated rings. The lowest BCUT2D eigenvalue weighted by Gasteiger charge is -2.21. The van der Waals surface area contributed by atoms with Gasteiger partial charge in [0, 0.05) is 12.2 Å². The predicted molar refractivity (Wildman–Crippen MR) is 88.6 cm³/mol. The molecule has 0 saturated carbocycles. The van der Waals surface area contributed by atoms with Crippen molar-refractivity contribution >= 4 is 18.3 Å². The normalized spacial score (nSPS) is 23.7. The topological polar surface area (TPSA) is 105 Å². The van der Waals surface area contributed by atoms with Crippen LogP contribution in [-0.4, -0.2) is 35.6 Å². The summed E-state index contributed by atoms with van der Waals surface area (Å²) < 4.78 is 0. The molecular weight excluding hydrogens is 280 g/mol. The number of amidine groups is 1. The second kappa shape index (κ2) is 7.48. The highest BCUT2D eigenvalue weighted by Crippen LogP contribution is 2.09. The number of aliphatic imine (C=N–C) groups is 2. The van der Waals surface area contributed by atoms with Crippen molar-refractivity contribution in [3.05, 3.63) is 48.0 Å². The molecule has 5 N–H and O–H groups in total. The minimum Gasteiger partial charge on any atom is -0.372 e. The van der Waals surface area contributed by atoms with Gasteiger partial charge in [-0.1, -0.05) is 24.3 Å². The van der Waals surface area contributed by atoms with Gasteiger partial charge in [0.1, 0.15) is 5.71 Å². The van der Waals surface area contributed by atoms with E-state index in [1.54, 1.807) is 13.1 Å². The van der Waals surface area contributed by atoms with Crippen molar-refractivity contribution in [3.8, 4) is 0 Å². The van der Waals surface area contributed by atoms with Crippen LogP contribution in [0.15, 0.2) is 58.0 Å². The van der Waals surface area contributed by atoms with Crippen molar-refractivity contribution < 1.29 is 5.11 Å². The summed E-state index contributed by atoms with van der Waals surface area (Å²) in [5, 5.41) is 21.2. The molecule has 1 aliphatic heterocycles. The molecule has 0 aromatic carbocycles. The number of rotatable bonds is 5. The molecule has 0 radical (unpaired) electrons. The van der Waals surface area contributed by atoms with Gasteiger partial charge in [-0.05, 0) is 26.1 Å². The van der Waals surface area contributed by atoms with Gasteiger partial charge in [0.05, 0.1) is 11.4 Å². The molecular formula is C15H20N6O. The van der Waals surface area contributed by atoms with Gasteiger partial charge in [0.15, 0.2) is 12.1 Å². The number of nitrogens with one attached hydrogen (secondary N) is 4. The van der Waals surface area contributed by atoms with Crippen LogP contribution < -0.4 is 16.2 Å². The summed E-state index contributed by atoms with van der Waals surface area (Å²) in [4.78, 5) is 7.90. The van der Waals surface area contributed by atoms with Crippen LogP contribution in [0.4, 0.5) is 0 Å². The standard InChI is InChI=1S/C15H20N6O/c1-10(12-8-9-18-21-12)19-13(14(16)17-2)15(22)20-11-6-4-3-5-7-11/h3-6,8-9,11,15-16,18,20-22H,2,7H2,1H3. The SMILES string of the molecule is C=NC(=N)C(=NC(C)=C1C=CNN1)C(O)NC1C=CC=CC1. The summed E-state index contributed by atoms with van der Waals surface area (Å²) in [5.74, 6) is -0.162. The van der Waals surface area contributed by atoms with E-state index in [4.69, 9.17) is 5.41 Å². The Balaban J connectivity index is 2.18. The molecule has 0 aromatic heterocycles. The van der Waals surface area contributed by atoms with Gasteiger partial charge in [-0.25, -0.2) is 9.98 Å². The van der Waals surface area contributed by atoms with Gasteiger partial charge in [-0.15, -0.1) is 0 Å². The Labute approximate surface area is 129 Å². The lowest BCUT2D eigenvalue weighted by Crippen LogP contribution is -2.45. The van der Waals surface area contributed by atoms with Gasteiger partial charge in [0.2, 0.25) is 0 Å². The monoisotopic (exact) mass is 300 g/mol. The van der Waals surface area contributed by atoms with E-state index in [9.17, 15) is 5.11 Å². The molecule has 0 aromatic rings. The van der Waals surface area contributed by atoms with E-state index in [0.29, 0.717) is 5.70 Å². The maximum Gasteiger partial charge on any atom is 0.169 e. The highest BCUT2D eigenvalue weighted by molar-refractivity contribution is 6.42. The zero-order chi connectivity index (χ0) is 15.9. The van der Waals surface area contributed by atoms with Crippen LogP contribution in [0.5, 0.6) is 0 Å². The summed E-state index contributed by atoms with van der Waals surface area (Å²) >= 11 is 0. The van der Waals surface area contributed by atoms with Crippen LogP contribution in [0.1, 0.15) is 13.3 Å². The van der Waals surface area contributed by atoms with Crippen molar-refractivity contribution in [1.29, 1.82) is 5.41 Å². The van der Waals surface area contributed by atoms with Gasteiger partial charge in [-0.2, -0.15) is 0 Å². The molecule has 0 spiro atoms. The average Bonchev–Trinajstić information content (AvgIpc) is 3.07. The number of aliphatic hydroxyl groups excluding tert-OH is 1. The zero-order valence-corrected chi connectivity index (χ0v) is 12.4. The fourth-order valence-electron chi connectivity index (χ4n) is 2.05. The maximum atomic E-state index is 10.3. The Kier molecular flexibility index (Phi) is 5.40. The number of hydrogen-bond donors (Lipinski definition) is 5. The number of hydrazine groups is 1. The fourth-order valence-corrected chi connectivity index (χ4v) is 2.05. The molecule has 7 heteroatoms. The Hall–Kier alpha value is -2.51. The van der Waals surface area contributed by atoms with Crippen molar-refractivity contribution in [2.45, 2.75) is 25.6 Å². The second-order valence-electron chi connectivity index (χ2n) is 4.83. The van der Waals surface area contributed by atoms with E-state index in [1.807, 2.05) is 30.4 Å². The lowest BCUT2D eigenvalue weighted by molar-refractivity contribution is 0.195. The van der Waals surface area contributed by atoms with Gasteiger partial charge >= 0.3 is 0 Å². The van der Waals surface area contributed by atoms with Crippen molar-refractivity contribution in [3.63, 3.8) is 0 Å². The quantitative estimate of drug-likeness (QED) is 0.293. The summed E-state index contributed by atoms with van der Waals surface area (Å²) in [6.45, 7) is 5.12. The van der Waals surface area contributed by atoms with E-state index in [0.717, 1.165) is 12.1 Å². The average molecular weight is 300 g/mol. The van der Waals surface area contributed by atoms with Crippen LogP contribution >= 0.6 is 0 Å². The van der Waals surface area contributed by atoms with E-state index in [1.165, 1.54) is 0 Å². The Bertz CT molecular complexity index is 599. The highest BCUT2D eigenvalue weighted by Gasteiger charge is 2.20. The molecule has 0 amide bonds. The first-order valence-corrected chi connectivity index (χ1v) is 6.92. The number of hydrogen-bond acceptors (Lipinski definition) is 6. The molecule has 2 rings (SSSR count). The minimum atomic E-state index is -1.10. The Morgan fingerprint density at radius 1 is 1.55 bits per heavy atom. The maximum absolute atomic E-state index is 10.3. The summed E-state index contributed by atoms with van der Waals surface area (Å²) in [6.07, 6.45) is 11.0. The third-order valence-electron chi connectivity index (χ3n) is 3.23. The summed E-state index contributed by atoms with van der Waals surface area (Å²) in [7, 11) is 0. The largest absolute Gasteiger partial charge is 0.372 e. The molecule has 2 aliphatic rings. The summed E-state index contributed by atoms with van der Waals surface area (Å²) in [5.41, 5.74) is 7.26. The zero-order valence-electron chi connectivity index (χ0n) is 12.4. The molecule has 1 heterocycles. The lowest BCUT2D eigenvalue weighted by atomic mass is 10.1. The molecule has 2 unspecified atom stereocenters. The molecule has 22 heavy (non-hydrogen) atoms. The van der Waals surface area contributed by atoms with Crippen molar-refractivity contribution in [2.24, 2.45) is 9.98 Å². The van der Waals surface area contributed by atoms with Crippen LogP contribution in [0.2, 0.25) is 0 Å². The minimum absolute atomic E-state index is 0.0121.